The summed E-state index contributed by atoms with van der Waals surface area (Å²) in [5.74, 6) is 0. The van der Waals surface area contributed by atoms with Crippen LogP contribution < -0.4 is 0 Å². The predicted molar refractivity (Wildman–Crippen MR) is 51.6 cm³/mol. The van der Waals surface area contributed by atoms with Crippen molar-refractivity contribution in [3.8, 4) is 0 Å². The lowest BCUT2D eigenvalue weighted by Crippen LogP contribution is -1.85. The van der Waals surface area contributed by atoms with Crippen molar-refractivity contribution in [2.24, 2.45) is 0 Å². The van der Waals surface area contributed by atoms with Gasteiger partial charge in [0.05, 0.1) is 5.02 Å². The van der Waals surface area contributed by atoms with Gasteiger partial charge in [0.1, 0.15) is 17.0 Å². The molecule has 0 aliphatic carbocycles. The topological polar surface area (TPSA) is 30.7 Å². The van der Waals surface area contributed by atoms with Gasteiger partial charge in [-0.2, -0.15) is 0 Å². The van der Waals surface area contributed by atoms with Crippen molar-refractivity contribution in [2.45, 2.75) is 0 Å². The van der Waals surface area contributed by atoms with Crippen molar-refractivity contribution in [3.63, 3.8) is 0 Å². The van der Waals surface area contributed by atoms with Crippen LogP contribution in [0.4, 0.5) is 3.89 Å². The van der Waals surface area contributed by atoms with Crippen LogP contribution in [0.2, 0.25) is 10.2 Å². The van der Waals surface area contributed by atoms with E-state index in [-0.39, 0.29) is 17.5 Å². The Bertz CT molecular complexity index is 458. The van der Waals surface area contributed by atoms with Gasteiger partial charge in [-0.1, -0.05) is 23.2 Å². The number of fused-ring (bicyclic) bond motifs is 1. The van der Waals surface area contributed by atoms with E-state index in [9.17, 15) is 3.89 Å². The Morgan fingerprint density at radius 3 is 2.92 bits per heavy atom. The summed E-state index contributed by atoms with van der Waals surface area (Å²) < 4.78 is 13.4. The fourth-order valence-electron chi connectivity index (χ4n) is 0.925. The molecule has 0 atom stereocenters. The lowest BCUT2D eigenvalue weighted by Gasteiger charge is -1.95. The van der Waals surface area contributed by atoms with Gasteiger partial charge in [-0.05, 0) is 6.07 Å². The number of rotatable bonds is 1. The van der Waals surface area contributed by atoms with Gasteiger partial charge in [0.2, 0.25) is 0 Å². The van der Waals surface area contributed by atoms with E-state index in [1.54, 1.807) is 6.07 Å². The first kappa shape index (κ1) is 9.05. The first-order valence-electron chi connectivity index (χ1n) is 3.20. The van der Waals surface area contributed by atoms with E-state index in [4.69, 9.17) is 23.2 Å². The van der Waals surface area contributed by atoms with Gasteiger partial charge in [-0.25, -0.2) is 13.9 Å². The molecule has 2 aromatic heterocycles. The van der Waals surface area contributed by atoms with E-state index in [0.29, 0.717) is 16.2 Å². The summed E-state index contributed by atoms with van der Waals surface area (Å²) in [5.41, 5.74) is 0.876. The molecule has 0 aliphatic rings. The van der Waals surface area contributed by atoms with Crippen LogP contribution >= 0.6 is 35.5 Å². The van der Waals surface area contributed by atoms with E-state index >= 15 is 0 Å². The Balaban J connectivity index is 2.77. The number of pyridine rings is 1. The van der Waals surface area contributed by atoms with Crippen LogP contribution in [0, 0.1) is 0 Å². The summed E-state index contributed by atoms with van der Waals surface area (Å²) in [6.45, 7) is 0. The second-order valence-corrected chi connectivity index (χ2v) is 3.54. The minimum atomic E-state index is 0.00946. The summed E-state index contributed by atoms with van der Waals surface area (Å²) >= 11 is 11.4. The van der Waals surface area contributed by atoms with Crippen LogP contribution in [0.1, 0.15) is 0 Å². The SMILES string of the molecule is FSn1cnc2cc(Cl)c(Cl)nc21. The fraction of sp³-hybridized carbons (Fsp3) is 0. The van der Waals surface area contributed by atoms with Gasteiger partial charge in [0, 0.05) is 0 Å². The number of imidazole rings is 1. The van der Waals surface area contributed by atoms with Crippen molar-refractivity contribution in [1.29, 1.82) is 0 Å². The quantitative estimate of drug-likeness (QED) is 0.715. The highest BCUT2D eigenvalue weighted by Crippen LogP contribution is 2.25. The Morgan fingerprint density at radius 2 is 2.23 bits per heavy atom. The van der Waals surface area contributed by atoms with Crippen LogP contribution in [0.3, 0.4) is 0 Å². The molecule has 2 heterocycles. The van der Waals surface area contributed by atoms with E-state index in [1.165, 1.54) is 6.33 Å². The van der Waals surface area contributed by atoms with E-state index in [2.05, 4.69) is 9.97 Å². The molecule has 0 radical (unpaired) electrons. The summed E-state index contributed by atoms with van der Waals surface area (Å²) in [7, 11) is 0. The molecule has 3 nitrogen and oxygen atoms in total. The monoisotopic (exact) mass is 237 g/mol. The van der Waals surface area contributed by atoms with Gasteiger partial charge >= 0.3 is 0 Å². The van der Waals surface area contributed by atoms with Crippen molar-refractivity contribution in [3.05, 3.63) is 22.6 Å². The second kappa shape index (κ2) is 3.32. The van der Waals surface area contributed by atoms with Crippen LogP contribution in [-0.4, -0.2) is 13.9 Å². The molecule has 0 unspecified atom stereocenters. The number of nitrogens with zero attached hydrogens (tertiary/aromatic N) is 3. The molecule has 0 aliphatic heterocycles. The molecule has 7 heteroatoms. The molecule has 0 saturated carbocycles. The summed E-state index contributed by atoms with van der Waals surface area (Å²) in [6, 6.07) is 1.54. The third-order valence-corrected chi connectivity index (χ3v) is 2.57. The fourth-order valence-corrected chi connectivity index (χ4v) is 1.49. The van der Waals surface area contributed by atoms with Crippen molar-refractivity contribution < 1.29 is 3.89 Å². The molecule has 13 heavy (non-hydrogen) atoms. The summed E-state index contributed by atoms with van der Waals surface area (Å²) in [6.07, 6.45) is 1.31. The van der Waals surface area contributed by atoms with Crippen molar-refractivity contribution in [2.75, 3.05) is 0 Å². The first-order chi connectivity index (χ1) is 6.22. The minimum Gasteiger partial charge on any atom is -0.234 e. The number of hydrogen-bond donors (Lipinski definition) is 0. The Hall–Kier alpha value is -0.520. The first-order valence-corrected chi connectivity index (χ1v) is 4.63. The van der Waals surface area contributed by atoms with Crippen molar-refractivity contribution in [1.82, 2.24) is 13.9 Å². The Labute approximate surface area is 87.3 Å². The number of hydrogen-bond acceptors (Lipinski definition) is 3. The van der Waals surface area contributed by atoms with Crippen molar-refractivity contribution >= 4 is 46.7 Å². The third-order valence-electron chi connectivity index (χ3n) is 1.48. The average molecular weight is 238 g/mol. The molecule has 0 fully saturated rings. The number of halogens is 3. The molecule has 0 amide bonds. The predicted octanol–water partition coefficient (Wildman–Crippen LogP) is 3.12. The molecule has 68 valence electrons. The van der Waals surface area contributed by atoms with Crippen LogP contribution in [0.25, 0.3) is 11.2 Å². The maximum atomic E-state index is 12.2. The Kier molecular flexibility index (Phi) is 2.31. The van der Waals surface area contributed by atoms with Gasteiger partial charge in [-0.15, -0.1) is 3.89 Å². The lowest BCUT2D eigenvalue weighted by molar-refractivity contribution is 0.917. The standard InChI is InChI=1S/C6H2Cl2FN3S/c7-3-1-4-6(11-5(3)8)12(13-9)2-10-4/h1-2H. The largest absolute Gasteiger partial charge is 0.234 e. The molecular formula is C6H2Cl2FN3S. The highest BCUT2D eigenvalue weighted by Gasteiger charge is 2.08. The lowest BCUT2D eigenvalue weighted by atomic mass is 10.4. The molecule has 0 saturated heterocycles. The summed E-state index contributed by atoms with van der Waals surface area (Å²) in [4.78, 5) is 7.77. The highest BCUT2D eigenvalue weighted by atomic mass is 35.5. The van der Waals surface area contributed by atoms with Gasteiger partial charge in [-0.3, -0.25) is 0 Å². The maximum absolute atomic E-state index is 12.2. The van der Waals surface area contributed by atoms with Gasteiger partial charge in [0.15, 0.2) is 18.0 Å². The third kappa shape index (κ3) is 1.47. The zero-order valence-electron chi connectivity index (χ0n) is 6.04. The smallest absolute Gasteiger partial charge is 0.173 e. The zero-order valence-corrected chi connectivity index (χ0v) is 8.37. The molecular weight excluding hydrogens is 236 g/mol. The minimum absolute atomic E-state index is 0.00946. The normalized spacial score (nSPS) is 11.0. The average Bonchev–Trinajstić information content (AvgIpc) is 2.48. The van der Waals surface area contributed by atoms with E-state index in [1.807, 2.05) is 0 Å². The van der Waals surface area contributed by atoms with E-state index in [0.717, 1.165) is 3.97 Å². The number of aromatic nitrogens is 3. The highest BCUT2D eigenvalue weighted by molar-refractivity contribution is 7.92. The molecule has 0 bridgehead atoms. The molecule has 0 spiro atoms. The van der Waals surface area contributed by atoms with Gasteiger partial charge in [0.25, 0.3) is 0 Å². The van der Waals surface area contributed by atoms with Crippen LogP contribution in [-0.2, 0) is 0 Å². The van der Waals surface area contributed by atoms with Crippen LogP contribution in [0.15, 0.2) is 12.4 Å². The van der Waals surface area contributed by atoms with Crippen LogP contribution in [0.5, 0.6) is 0 Å². The molecule has 2 aromatic rings. The second-order valence-electron chi connectivity index (χ2n) is 2.24. The van der Waals surface area contributed by atoms with Gasteiger partial charge < -0.3 is 0 Å². The molecule has 2 rings (SSSR count). The molecule has 0 aromatic carbocycles. The summed E-state index contributed by atoms with van der Waals surface area (Å²) in [5, 5.41) is 0.452. The Morgan fingerprint density at radius 1 is 1.46 bits per heavy atom. The maximum Gasteiger partial charge on any atom is 0.173 e. The van der Waals surface area contributed by atoms with E-state index < -0.39 is 0 Å². The molecule has 0 N–H and O–H groups in total. The zero-order chi connectivity index (χ0) is 9.42.